The number of esters is 1. The molecular weight excluding hydrogens is 392 g/mol. The summed E-state index contributed by atoms with van der Waals surface area (Å²) in [5, 5.41) is 0.229. The van der Waals surface area contributed by atoms with Crippen LogP contribution in [0.15, 0.2) is 47.5 Å². The van der Waals surface area contributed by atoms with Gasteiger partial charge in [-0.1, -0.05) is 0 Å². The van der Waals surface area contributed by atoms with Gasteiger partial charge in [-0.15, -0.1) is 0 Å². The second kappa shape index (κ2) is 7.51. The van der Waals surface area contributed by atoms with Gasteiger partial charge in [0.1, 0.15) is 24.0 Å². The number of aromatic nitrogens is 1. The number of sulfone groups is 1. The molecule has 0 bridgehead atoms. The van der Waals surface area contributed by atoms with Crippen molar-refractivity contribution in [2.24, 2.45) is 0 Å². The Bertz CT molecular complexity index is 1160. The van der Waals surface area contributed by atoms with Crippen LogP contribution in [-0.4, -0.2) is 25.6 Å². The first kappa shape index (κ1) is 19.7. The van der Waals surface area contributed by atoms with Gasteiger partial charge in [-0.3, -0.25) is 4.79 Å². The lowest BCUT2D eigenvalue weighted by atomic mass is 10.0. The molecule has 0 fully saturated rings. The summed E-state index contributed by atoms with van der Waals surface area (Å²) in [5.41, 5.74) is 0.0389. The number of halogens is 2. The number of nitrogens with zero attached hydrogens (tertiary/aromatic N) is 1. The van der Waals surface area contributed by atoms with Crippen LogP contribution < -0.4 is 4.74 Å². The van der Waals surface area contributed by atoms with Gasteiger partial charge in [-0.05, 0) is 30.3 Å². The van der Waals surface area contributed by atoms with Gasteiger partial charge in [0.15, 0.2) is 9.84 Å². The van der Waals surface area contributed by atoms with Gasteiger partial charge in [0.05, 0.1) is 4.90 Å². The van der Waals surface area contributed by atoms with E-state index in [-0.39, 0.29) is 39.5 Å². The van der Waals surface area contributed by atoms with E-state index in [0.29, 0.717) is 0 Å². The van der Waals surface area contributed by atoms with Crippen LogP contribution in [0.1, 0.15) is 12.5 Å². The second-order valence-electron chi connectivity index (χ2n) is 6.02. The summed E-state index contributed by atoms with van der Waals surface area (Å²) in [5.74, 6) is -1.73. The summed E-state index contributed by atoms with van der Waals surface area (Å²) in [4.78, 5) is 15.0. The molecule has 0 amide bonds. The quantitative estimate of drug-likeness (QED) is 0.599. The zero-order valence-electron chi connectivity index (χ0n) is 14.9. The fourth-order valence-electron chi connectivity index (χ4n) is 2.51. The Hall–Kier alpha value is -3.07. The molecule has 9 heteroatoms. The van der Waals surface area contributed by atoms with Gasteiger partial charge in [0, 0.05) is 41.8 Å². The van der Waals surface area contributed by atoms with Crippen molar-refractivity contribution in [1.29, 1.82) is 0 Å². The van der Waals surface area contributed by atoms with Crippen molar-refractivity contribution in [3.05, 3.63) is 59.8 Å². The third-order valence-corrected chi connectivity index (χ3v) is 4.95. The lowest BCUT2D eigenvalue weighted by molar-refractivity contribution is -0.142. The Morgan fingerprint density at radius 1 is 1.11 bits per heavy atom. The van der Waals surface area contributed by atoms with Crippen molar-refractivity contribution in [1.82, 2.24) is 4.98 Å². The first-order valence-corrected chi connectivity index (χ1v) is 9.92. The Morgan fingerprint density at radius 2 is 1.86 bits per heavy atom. The number of hydrogen-bond acceptors (Lipinski definition) is 6. The van der Waals surface area contributed by atoms with Gasteiger partial charge in [0.25, 0.3) is 0 Å². The first-order chi connectivity index (χ1) is 13.1. The monoisotopic (exact) mass is 407 g/mol. The summed E-state index contributed by atoms with van der Waals surface area (Å²) in [6, 6.07) is 7.38. The van der Waals surface area contributed by atoms with E-state index in [2.05, 4.69) is 4.98 Å². The van der Waals surface area contributed by atoms with Crippen molar-refractivity contribution in [2.75, 3.05) is 6.26 Å². The number of carbonyl (C=O) groups is 1. The molecule has 0 saturated heterocycles. The topological polar surface area (TPSA) is 82.6 Å². The molecule has 0 radical (unpaired) electrons. The zero-order valence-corrected chi connectivity index (χ0v) is 15.7. The molecule has 1 heterocycles. The number of carbonyl (C=O) groups excluding carboxylic acids is 1. The molecule has 3 aromatic rings. The van der Waals surface area contributed by atoms with Crippen LogP contribution in [-0.2, 0) is 26.0 Å². The van der Waals surface area contributed by atoms with Crippen LogP contribution in [0.5, 0.6) is 11.6 Å². The fourth-order valence-corrected chi connectivity index (χ4v) is 3.07. The van der Waals surface area contributed by atoms with E-state index in [4.69, 9.17) is 9.47 Å². The molecular formula is C19H15F2NO5S. The number of fused-ring (bicyclic) bond motifs is 1. The molecule has 0 atom stereocenters. The summed E-state index contributed by atoms with van der Waals surface area (Å²) in [6.07, 6.45) is 2.17. The second-order valence-corrected chi connectivity index (χ2v) is 8.04. The Morgan fingerprint density at radius 3 is 2.46 bits per heavy atom. The third-order valence-electron chi connectivity index (χ3n) is 3.85. The predicted octanol–water partition coefficient (Wildman–Crippen LogP) is 3.77. The minimum atomic E-state index is -3.43. The van der Waals surface area contributed by atoms with E-state index in [1.165, 1.54) is 31.2 Å². The van der Waals surface area contributed by atoms with Crippen molar-refractivity contribution in [2.45, 2.75) is 18.4 Å². The molecule has 28 heavy (non-hydrogen) atoms. The van der Waals surface area contributed by atoms with Crippen LogP contribution in [0, 0.1) is 11.6 Å². The van der Waals surface area contributed by atoms with E-state index >= 15 is 0 Å². The molecule has 0 aliphatic heterocycles. The Labute approximate surface area is 159 Å². The molecule has 0 N–H and O–H groups in total. The van der Waals surface area contributed by atoms with Crippen LogP contribution in [0.25, 0.3) is 10.8 Å². The number of ether oxygens (including phenoxy) is 2. The fraction of sp³-hybridized carbons (Fsp3) is 0.158. The maximum absolute atomic E-state index is 14.7. The van der Waals surface area contributed by atoms with E-state index < -0.39 is 27.4 Å². The lowest BCUT2D eigenvalue weighted by Crippen LogP contribution is -2.03. The molecule has 3 rings (SSSR count). The highest BCUT2D eigenvalue weighted by Gasteiger charge is 2.16. The molecule has 0 aliphatic carbocycles. The minimum absolute atomic E-state index is 0.00501. The average Bonchev–Trinajstić information content (AvgIpc) is 2.62. The number of pyridine rings is 1. The molecule has 0 unspecified atom stereocenters. The first-order valence-electron chi connectivity index (χ1n) is 8.03. The van der Waals surface area contributed by atoms with E-state index in [0.717, 1.165) is 24.6 Å². The predicted molar refractivity (Wildman–Crippen MR) is 96.8 cm³/mol. The summed E-state index contributed by atoms with van der Waals surface area (Å²) >= 11 is 0. The Kier molecular flexibility index (Phi) is 5.28. The molecule has 0 saturated carbocycles. The standard InChI is InChI=1S/C19H15F2NO5S/c1-11(23)26-10-12-7-17(16-8-13(20)3-5-15(16)19(12)21)27-18-6-4-14(9-22-18)28(2,24)25/h3-9H,10H2,1-2H3. The molecule has 6 nitrogen and oxygen atoms in total. The van der Waals surface area contributed by atoms with Crippen molar-refractivity contribution >= 4 is 26.6 Å². The summed E-state index contributed by atoms with van der Waals surface area (Å²) in [6.45, 7) is 0.865. The highest BCUT2D eigenvalue weighted by molar-refractivity contribution is 7.90. The van der Waals surface area contributed by atoms with Crippen LogP contribution in [0.2, 0.25) is 0 Å². The van der Waals surface area contributed by atoms with Crippen molar-refractivity contribution < 1.29 is 31.5 Å². The highest BCUT2D eigenvalue weighted by Crippen LogP contribution is 2.34. The molecule has 1 aromatic heterocycles. The highest BCUT2D eigenvalue weighted by atomic mass is 32.2. The van der Waals surface area contributed by atoms with Crippen molar-refractivity contribution in [3.63, 3.8) is 0 Å². The Balaban J connectivity index is 2.06. The number of hydrogen-bond donors (Lipinski definition) is 0. The molecule has 0 spiro atoms. The SMILES string of the molecule is CC(=O)OCc1cc(Oc2ccc(S(C)(=O)=O)cn2)c2cc(F)ccc2c1F. The maximum Gasteiger partial charge on any atom is 0.302 e. The van der Waals surface area contributed by atoms with Crippen LogP contribution in [0.3, 0.4) is 0 Å². The molecule has 146 valence electrons. The number of rotatable bonds is 5. The van der Waals surface area contributed by atoms with Crippen LogP contribution in [0.4, 0.5) is 8.78 Å². The average molecular weight is 407 g/mol. The largest absolute Gasteiger partial charge is 0.461 e. The lowest BCUT2D eigenvalue weighted by Gasteiger charge is -2.13. The van der Waals surface area contributed by atoms with Gasteiger partial charge >= 0.3 is 5.97 Å². The van der Waals surface area contributed by atoms with E-state index in [9.17, 15) is 22.0 Å². The molecule has 0 aliphatic rings. The maximum atomic E-state index is 14.7. The number of benzene rings is 2. The summed E-state index contributed by atoms with van der Waals surface area (Å²) < 4.78 is 61.9. The normalized spacial score (nSPS) is 11.4. The minimum Gasteiger partial charge on any atom is -0.461 e. The molecule has 2 aromatic carbocycles. The van der Waals surface area contributed by atoms with Crippen LogP contribution >= 0.6 is 0 Å². The van der Waals surface area contributed by atoms with Crippen molar-refractivity contribution in [3.8, 4) is 11.6 Å². The van der Waals surface area contributed by atoms with Gasteiger partial charge in [0.2, 0.25) is 5.88 Å². The van der Waals surface area contributed by atoms with Gasteiger partial charge in [-0.2, -0.15) is 0 Å². The van der Waals surface area contributed by atoms with Gasteiger partial charge in [-0.25, -0.2) is 22.2 Å². The zero-order chi connectivity index (χ0) is 20.5. The summed E-state index contributed by atoms with van der Waals surface area (Å²) in [7, 11) is -3.43. The van der Waals surface area contributed by atoms with E-state index in [1.54, 1.807) is 0 Å². The third kappa shape index (κ3) is 4.25. The smallest absolute Gasteiger partial charge is 0.302 e. The van der Waals surface area contributed by atoms with E-state index in [1.807, 2.05) is 0 Å². The van der Waals surface area contributed by atoms with Gasteiger partial charge < -0.3 is 9.47 Å².